The molecule has 0 aliphatic rings. The molecule has 0 atom stereocenters. The van der Waals surface area contributed by atoms with Crippen molar-refractivity contribution in [3.8, 4) is 0 Å². The van der Waals surface area contributed by atoms with E-state index in [1.807, 2.05) is 30.6 Å². The van der Waals surface area contributed by atoms with Crippen LogP contribution in [0.15, 0.2) is 48.8 Å². The third-order valence-electron chi connectivity index (χ3n) is 3.30. The fourth-order valence-electron chi connectivity index (χ4n) is 2.26. The second-order valence-electron chi connectivity index (χ2n) is 4.84. The van der Waals surface area contributed by atoms with E-state index in [0.717, 1.165) is 42.8 Å². The second kappa shape index (κ2) is 6.30. The number of fused-ring (bicyclic) bond motifs is 1. The highest BCUT2D eigenvalue weighted by atomic mass is 15.0. The molecule has 0 bridgehead atoms. The van der Waals surface area contributed by atoms with E-state index in [-0.39, 0.29) is 0 Å². The van der Waals surface area contributed by atoms with Gasteiger partial charge in [-0.2, -0.15) is 0 Å². The maximum Gasteiger partial charge on any atom is 0.121 e. The first-order valence-electron chi connectivity index (χ1n) is 6.95. The molecule has 4 heteroatoms. The predicted molar refractivity (Wildman–Crippen MR) is 80.4 cm³/mol. The molecular formula is C16H18N4. The van der Waals surface area contributed by atoms with Gasteiger partial charge in [0.15, 0.2) is 0 Å². The third kappa shape index (κ3) is 3.22. The maximum absolute atomic E-state index is 4.54. The van der Waals surface area contributed by atoms with Crippen LogP contribution in [0.5, 0.6) is 0 Å². The molecule has 0 saturated heterocycles. The normalized spacial score (nSPS) is 11.0. The first kappa shape index (κ1) is 12.8. The number of aromatic amines is 1. The Morgan fingerprint density at radius 2 is 1.90 bits per heavy atom. The number of pyridine rings is 1. The average Bonchev–Trinajstić information content (AvgIpc) is 2.90. The van der Waals surface area contributed by atoms with E-state index in [0.29, 0.717) is 0 Å². The van der Waals surface area contributed by atoms with E-state index in [4.69, 9.17) is 0 Å². The van der Waals surface area contributed by atoms with Crippen LogP contribution in [0.25, 0.3) is 11.0 Å². The largest absolute Gasteiger partial charge is 0.341 e. The summed E-state index contributed by atoms with van der Waals surface area (Å²) < 4.78 is 0. The van der Waals surface area contributed by atoms with Gasteiger partial charge in [-0.3, -0.25) is 4.98 Å². The maximum atomic E-state index is 4.54. The van der Waals surface area contributed by atoms with Crippen LogP contribution in [0.4, 0.5) is 0 Å². The molecule has 1 aromatic carbocycles. The van der Waals surface area contributed by atoms with Gasteiger partial charge in [-0.05, 0) is 49.2 Å². The first-order chi connectivity index (χ1) is 9.92. The SMILES string of the molecule is c1ccc2[nH]c(CNCCCc3ccncc3)nc2c1. The number of aryl methyl sites for hydroxylation is 1. The van der Waals surface area contributed by atoms with Crippen LogP contribution < -0.4 is 5.32 Å². The molecular weight excluding hydrogens is 248 g/mol. The fourth-order valence-corrected chi connectivity index (χ4v) is 2.26. The molecule has 0 spiro atoms. The number of rotatable bonds is 6. The van der Waals surface area contributed by atoms with E-state index in [1.165, 1.54) is 5.56 Å². The molecule has 0 fully saturated rings. The molecule has 2 heterocycles. The molecule has 3 rings (SSSR count). The van der Waals surface area contributed by atoms with E-state index < -0.39 is 0 Å². The van der Waals surface area contributed by atoms with Crippen molar-refractivity contribution in [1.29, 1.82) is 0 Å². The highest BCUT2D eigenvalue weighted by Crippen LogP contribution is 2.09. The van der Waals surface area contributed by atoms with Crippen molar-refractivity contribution in [3.05, 3.63) is 60.2 Å². The quantitative estimate of drug-likeness (QED) is 0.674. The van der Waals surface area contributed by atoms with Gasteiger partial charge in [0.1, 0.15) is 5.82 Å². The summed E-state index contributed by atoms with van der Waals surface area (Å²) in [6.45, 7) is 1.77. The van der Waals surface area contributed by atoms with Gasteiger partial charge in [0, 0.05) is 12.4 Å². The van der Waals surface area contributed by atoms with Crippen molar-refractivity contribution in [1.82, 2.24) is 20.3 Å². The lowest BCUT2D eigenvalue weighted by Gasteiger charge is -2.02. The number of nitrogens with one attached hydrogen (secondary N) is 2. The lowest BCUT2D eigenvalue weighted by Crippen LogP contribution is -2.16. The Labute approximate surface area is 118 Å². The summed E-state index contributed by atoms with van der Waals surface area (Å²) in [5.41, 5.74) is 3.47. The topological polar surface area (TPSA) is 53.6 Å². The molecule has 0 radical (unpaired) electrons. The van der Waals surface area contributed by atoms with Gasteiger partial charge in [0.25, 0.3) is 0 Å². The Morgan fingerprint density at radius 3 is 2.75 bits per heavy atom. The van der Waals surface area contributed by atoms with Crippen molar-refractivity contribution < 1.29 is 0 Å². The summed E-state index contributed by atoms with van der Waals surface area (Å²) >= 11 is 0. The number of H-pyrrole nitrogens is 1. The standard InChI is InChI=1S/C16H18N4/c1-2-6-15-14(5-1)19-16(20-15)12-18-9-3-4-13-7-10-17-11-8-13/h1-2,5-8,10-11,18H,3-4,9,12H2,(H,19,20). The molecule has 2 N–H and O–H groups in total. The Balaban J connectivity index is 1.43. The minimum absolute atomic E-state index is 0.783. The molecule has 0 aliphatic carbocycles. The van der Waals surface area contributed by atoms with Crippen molar-refractivity contribution in [3.63, 3.8) is 0 Å². The van der Waals surface area contributed by atoms with Crippen molar-refractivity contribution in [2.24, 2.45) is 0 Å². The minimum Gasteiger partial charge on any atom is -0.341 e. The summed E-state index contributed by atoms with van der Waals surface area (Å²) in [4.78, 5) is 11.9. The molecule has 102 valence electrons. The Bertz CT molecular complexity index is 627. The number of para-hydroxylation sites is 2. The molecule has 0 unspecified atom stereocenters. The molecule has 0 aliphatic heterocycles. The van der Waals surface area contributed by atoms with Gasteiger partial charge >= 0.3 is 0 Å². The van der Waals surface area contributed by atoms with Gasteiger partial charge in [0.2, 0.25) is 0 Å². The number of imidazole rings is 1. The van der Waals surface area contributed by atoms with E-state index in [2.05, 4.69) is 38.5 Å². The average molecular weight is 266 g/mol. The van der Waals surface area contributed by atoms with Crippen LogP contribution in [0.1, 0.15) is 17.8 Å². The van der Waals surface area contributed by atoms with Crippen LogP contribution in [-0.4, -0.2) is 21.5 Å². The van der Waals surface area contributed by atoms with E-state index in [1.54, 1.807) is 0 Å². The van der Waals surface area contributed by atoms with Crippen LogP contribution >= 0.6 is 0 Å². The lowest BCUT2D eigenvalue weighted by atomic mass is 10.1. The second-order valence-corrected chi connectivity index (χ2v) is 4.84. The fraction of sp³-hybridized carbons (Fsp3) is 0.250. The van der Waals surface area contributed by atoms with Gasteiger partial charge in [-0.25, -0.2) is 4.98 Å². The summed E-state index contributed by atoms with van der Waals surface area (Å²) in [6, 6.07) is 12.2. The zero-order valence-electron chi connectivity index (χ0n) is 11.3. The van der Waals surface area contributed by atoms with Crippen LogP contribution in [-0.2, 0) is 13.0 Å². The van der Waals surface area contributed by atoms with Crippen LogP contribution in [0.3, 0.4) is 0 Å². The third-order valence-corrected chi connectivity index (χ3v) is 3.30. The van der Waals surface area contributed by atoms with E-state index in [9.17, 15) is 0 Å². The summed E-state index contributed by atoms with van der Waals surface area (Å²) in [7, 11) is 0. The Hall–Kier alpha value is -2.20. The molecule has 20 heavy (non-hydrogen) atoms. The van der Waals surface area contributed by atoms with Gasteiger partial charge < -0.3 is 10.3 Å². The highest BCUT2D eigenvalue weighted by molar-refractivity contribution is 5.74. The minimum atomic E-state index is 0.783. The number of aromatic nitrogens is 3. The van der Waals surface area contributed by atoms with Crippen molar-refractivity contribution in [2.45, 2.75) is 19.4 Å². The molecule has 0 saturated carbocycles. The zero-order valence-corrected chi connectivity index (χ0v) is 11.3. The van der Waals surface area contributed by atoms with Gasteiger partial charge in [-0.1, -0.05) is 12.1 Å². The number of hydrogen-bond donors (Lipinski definition) is 2. The lowest BCUT2D eigenvalue weighted by molar-refractivity contribution is 0.634. The predicted octanol–water partition coefficient (Wildman–Crippen LogP) is 2.68. The van der Waals surface area contributed by atoms with Crippen LogP contribution in [0.2, 0.25) is 0 Å². The number of hydrogen-bond acceptors (Lipinski definition) is 3. The van der Waals surface area contributed by atoms with Crippen molar-refractivity contribution in [2.75, 3.05) is 6.54 Å². The van der Waals surface area contributed by atoms with Crippen molar-refractivity contribution >= 4 is 11.0 Å². The van der Waals surface area contributed by atoms with Gasteiger partial charge in [-0.15, -0.1) is 0 Å². The molecule has 3 aromatic rings. The number of nitrogens with zero attached hydrogens (tertiary/aromatic N) is 2. The molecule has 2 aromatic heterocycles. The zero-order chi connectivity index (χ0) is 13.6. The Kier molecular flexibility index (Phi) is 4.04. The monoisotopic (exact) mass is 266 g/mol. The van der Waals surface area contributed by atoms with Gasteiger partial charge in [0.05, 0.1) is 17.6 Å². The summed E-state index contributed by atoms with van der Waals surface area (Å²) in [5.74, 6) is 0.995. The smallest absolute Gasteiger partial charge is 0.121 e. The molecule has 4 nitrogen and oxygen atoms in total. The number of benzene rings is 1. The van der Waals surface area contributed by atoms with E-state index >= 15 is 0 Å². The van der Waals surface area contributed by atoms with Crippen LogP contribution in [0, 0.1) is 0 Å². The Morgan fingerprint density at radius 1 is 1.05 bits per heavy atom. The summed E-state index contributed by atoms with van der Waals surface area (Å²) in [5, 5.41) is 3.42. The molecule has 0 amide bonds. The summed E-state index contributed by atoms with van der Waals surface area (Å²) in [6.07, 6.45) is 5.88. The highest BCUT2D eigenvalue weighted by Gasteiger charge is 2.00. The first-order valence-corrected chi connectivity index (χ1v) is 6.95.